The number of carbonyl (C=O) groups excluding carboxylic acids is 2. The van der Waals surface area contributed by atoms with E-state index in [0.29, 0.717) is 15.7 Å². The van der Waals surface area contributed by atoms with E-state index >= 15 is 0 Å². The van der Waals surface area contributed by atoms with E-state index in [1.807, 2.05) is 19.1 Å². The van der Waals surface area contributed by atoms with Crippen LogP contribution in [-0.4, -0.2) is 32.0 Å². The smallest absolute Gasteiger partial charge is 0.279 e. The molecule has 0 spiro atoms. The summed E-state index contributed by atoms with van der Waals surface area (Å²) in [6.45, 7) is 2.29. The van der Waals surface area contributed by atoms with Crippen molar-refractivity contribution in [2.24, 2.45) is 0 Å². The topological polar surface area (TPSA) is 62.6 Å². The fraction of sp³-hybridized carbons (Fsp3) is 0.263. The summed E-state index contributed by atoms with van der Waals surface area (Å²) in [6, 6.07) is 14.1. The molecule has 0 aliphatic rings. The second kappa shape index (κ2) is 9.57. The minimum atomic E-state index is -0.164. The number of hydrogen-bond donors (Lipinski definition) is 3. The minimum absolute atomic E-state index is 0.121. The minimum Gasteiger partial charge on any atom is -0.345 e. The van der Waals surface area contributed by atoms with Gasteiger partial charge in [0, 0.05) is 15.7 Å². The van der Waals surface area contributed by atoms with Crippen LogP contribution in [0.2, 0.25) is 10.0 Å². The van der Waals surface area contributed by atoms with Gasteiger partial charge in [-0.25, -0.2) is 0 Å². The Bertz CT molecular complexity index is 748. The lowest BCUT2D eigenvalue weighted by molar-refractivity contribution is -0.862. The highest BCUT2D eigenvalue weighted by atomic mass is 35.5. The molecule has 26 heavy (non-hydrogen) atoms. The van der Waals surface area contributed by atoms with E-state index in [1.54, 1.807) is 43.4 Å². The predicted octanol–water partition coefficient (Wildman–Crippen LogP) is 2.32. The van der Waals surface area contributed by atoms with E-state index < -0.39 is 0 Å². The summed E-state index contributed by atoms with van der Waals surface area (Å²) < 4.78 is 0. The third kappa shape index (κ3) is 6.67. The standard InChI is InChI=1S/C19H21Cl2N3O2/c1-13(14-3-5-15(20)6-4-14)22-18(25)11-24(2)12-19(26)23-17-9-7-16(21)8-10-17/h3-10,13H,11-12H2,1-2H3,(H,22,25)(H,23,26)/p+1/t13-/m1/s1. The molecule has 0 aliphatic carbocycles. The van der Waals surface area contributed by atoms with E-state index in [1.165, 1.54) is 0 Å². The Morgan fingerprint density at radius 2 is 1.42 bits per heavy atom. The summed E-state index contributed by atoms with van der Waals surface area (Å²) in [7, 11) is 1.80. The molecule has 7 heteroatoms. The van der Waals surface area contributed by atoms with E-state index in [9.17, 15) is 9.59 Å². The Kier molecular flexibility index (Phi) is 7.45. The molecule has 1 unspecified atom stereocenters. The molecule has 2 aromatic rings. The number of benzene rings is 2. The van der Waals surface area contributed by atoms with Gasteiger partial charge in [0.2, 0.25) is 0 Å². The number of quaternary nitrogens is 1. The highest BCUT2D eigenvalue weighted by molar-refractivity contribution is 6.30. The van der Waals surface area contributed by atoms with Crippen LogP contribution < -0.4 is 15.5 Å². The van der Waals surface area contributed by atoms with E-state index in [2.05, 4.69) is 10.6 Å². The van der Waals surface area contributed by atoms with Crippen molar-refractivity contribution >= 4 is 40.7 Å². The van der Waals surface area contributed by atoms with Gasteiger partial charge in [-0.05, 0) is 48.9 Å². The Labute approximate surface area is 163 Å². The van der Waals surface area contributed by atoms with Gasteiger partial charge in [0.25, 0.3) is 11.8 Å². The van der Waals surface area contributed by atoms with Gasteiger partial charge in [-0.3, -0.25) is 9.59 Å². The normalized spacial score (nSPS) is 12.9. The lowest BCUT2D eigenvalue weighted by atomic mass is 10.1. The first-order valence-corrected chi connectivity index (χ1v) is 9.00. The summed E-state index contributed by atoms with van der Waals surface area (Å²) in [5.74, 6) is -0.285. The van der Waals surface area contributed by atoms with Crippen LogP contribution in [0, 0.1) is 0 Å². The first-order valence-electron chi connectivity index (χ1n) is 8.25. The molecule has 2 atom stereocenters. The summed E-state index contributed by atoms with van der Waals surface area (Å²) in [4.78, 5) is 25.0. The van der Waals surface area contributed by atoms with Gasteiger partial charge >= 0.3 is 0 Å². The van der Waals surface area contributed by atoms with Crippen LogP contribution in [0.3, 0.4) is 0 Å². The summed E-state index contributed by atoms with van der Waals surface area (Å²) >= 11 is 11.7. The summed E-state index contributed by atoms with van der Waals surface area (Å²) in [5.41, 5.74) is 1.65. The van der Waals surface area contributed by atoms with Crippen molar-refractivity contribution in [1.82, 2.24) is 5.32 Å². The predicted molar refractivity (Wildman–Crippen MR) is 105 cm³/mol. The van der Waals surface area contributed by atoms with Gasteiger partial charge in [-0.2, -0.15) is 0 Å². The van der Waals surface area contributed by atoms with Crippen molar-refractivity contribution in [2.45, 2.75) is 13.0 Å². The van der Waals surface area contributed by atoms with Gasteiger partial charge in [0.1, 0.15) is 0 Å². The summed E-state index contributed by atoms with van der Waals surface area (Å²) in [5, 5.41) is 6.97. The molecule has 0 fully saturated rings. The monoisotopic (exact) mass is 394 g/mol. The Morgan fingerprint density at radius 1 is 0.923 bits per heavy atom. The van der Waals surface area contributed by atoms with Gasteiger partial charge in [-0.1, -0.05) is 35.3 Å². The van der Waals surface area contributed by atoms with Crippen molar-refractivity contribution in [1.29, 1.82) is 0 Å². The molecule has 0 saturated heterocycles. The highest BCUT2D eigenvalue weighted by Gasteiger charge is 2.16. The summed E-state index contributed by atoms with van der Waals surface area (Å²) in [6.07, 6.45) is 0. The van der Waals surface area contributed by atoms with Crippen molar-refractivity contribution in [3.63, 3.8) is 0 Å². The lowest BCUT2D eigenvalue weighted by Crippen LogP contribution is -3.11. The van der Waals surface area contributed by atoms with Crippen LogP contribution in [0.15, 0.2) is 48.5 Å². The van der Waals surface area contributed by atoms with Gasteiger partial charge in [0.15, 0.2) is 13.1 Å². The van der Waals surface area contributed by atoms with E-state index in [0.717, 1.165) is 10.5 Å². The van der Waals surface area contributed by atoms with Gasteiger partial charge in [0.05, 0.1) is 13.1 Å². The average molecular weight is 395 g/mol. The van der Waals surface area contributed by atoms with Crippen molar-refractivity contribution in [3.8, 4) is 0 Å². The Balaban J connectivity index is 1.78. The maximum Gasteiger partial charge on any atom is 0.279 e. The molecule has 0 bridgehead atoms. The zero-order valence-corrected chi connectivity index (χ0v) is 16.2. The molecule has 3 N–H and O–H groups in total. The molecule has 138 valence electrons. The number of nitrogens with one attached hydrogen (secondary N) is 3. The number of anilines is 1. The zero-order chi connectivity index (χ0) is 19.1. The maximum atomic E-state index is 12.2. The quantitative estimate of drug-likeness (QED) is 0.674. The van der Waals surface area contributed by atoms with Crippen LogP contribution in [0.25, 0.3) is 0 Å². The van der Waals surface area contributed by atoms with Crippen LogP contribution in [0.4, 0.5) is 5.69 Å². The average Bonchev–Trinajstić information content (AvgIpc) is 2.57. The molecule has 2 aromatic carbocycles. The molecule has 0 heterocycles. The van der Waals surface area contributed by atoms with E-state index in [-0.39, 0.29) is 30.9 Å². The number of hydrogen-bond acceptors (Lipinski definition) is 2. The second-order valence-electron chi connectivity index (χ2n) is 6.21. The fourth-order valence-electron chi connectivity index (χ4n) is 2.48. The molecular weight excluding hydrogens is 373 g/mol. The third-order valence-electron chi connectivity index (χ3n) is 3.80. The molecule has 5 nitrogen and oxygen atoms in total. The van der Waals surface area contributed by atoms with Crippen molar-refractivity contribution < 1.29 is 14.5 Å². The van der Waals surface area contributed by atoms with Crippen LogP contribution in [0.5, 0.6) is 0 Å². The van der Waals surface area contributed by atoms with Gasteiger partial charge < -0.3 is 15.5 Å². The largest absolute Gasteiger partial charge is 0.345 e. The van der Waals surface area contributed by atoms with E-state index in [4.69, 9.17) is 23.2 Å². The number of halogens is 2. The number of amides is 2. The number of likely N-dealkylation sites (N-methyl/N-ethyl adjacent to an activating group) is 1. The molecule has 0 aromatic heterocycles. The van der Waals surface area contributed by atoms with Crippen LogP contribution in [-0.2, 0) is 9.59 Å². The number of carbonyl (C=O) groups is 2. The molecule has 0 radical (unpaired) electrons. The maximum absolute atomic E-state index is 12.2. The molecule has 0 aliphatic heterocycles. The number of rotatable bonds is 7. The van der Waals surface area contributed by atoms with Crippen LogP contribution in [0.1, 0.15) is 18.5 Å². The van der Waals surface area contributed by atoms with Crippen molar-refractivity contribution in [3.05, 3.63) is 64.1 Å². The SMILES string of the molecule is C[C@@H](NC(=O)C[NH+](C)CC(=O)Nc1ccc(Cl)cc1)c1ccc(Cl)cc1. The second-order valence-corrected chi connectivity index (χ2v) is 7.08. The third-order valence-corrected chi connectivity index (χ3v) is 4.30. The molecule has 2 rings (SSSR count). The molecular formula is C19H22Cl2N3O2+. The Morgan fingerprint density at radius 3 is 2.00 bits per heavy atom. The molecule has 0 saturated carbocycles. The first-order chi connectivity index (χ1) is 12.3. The lowest BCUT2D eigenvalue weighted by Gasteiger charge is -2.17. The van der Waals surface area contributed by atoms with Gasteiger partial charge in [-0.15, -0.1) is 0 Å². The Hall–Kier alpha value is -2.08. The first kappa shape index (κ1) is 20.2. The van der Waals surface area contributed by atoms with Crippen LogP contribution >= 0.6 is 23.2 Å². The molecule has 2 amide bonds. The zero-order valence-electron chi connectivity index (χ0n) is 14.7. The highest BCUT2D eigenvalue weighted by Crippen LogP contribution is 2.15. The van der Waals surface area contributed by atoms with Crippen molar-refractivity contribution in [2.75, 3.05) is 25.5 Å². The fourth-order valence-corrected chi connectivity index (χ4v) is 2.73.